The number of aliphatic hydroxyl groups excluding tert-OH is 1. The van der Waals surface area contributed by atoms with Crippen LogP contribution in [0.4, 0.5) is 0 Å². The summed E-state index contributed by atoms with van der Waals surface area (Å²) in [6.07, 6.45) is 1.80. The van der Waals surface area contributed by atoms with E-state index in [1.165, 1.54) is 4.31 Å². The SMILES string of the molecule is O=S1(=O)CCC(S(=O)(=O)N2CCC[C@@H]2CO)CC1. The van der Waals surface area contributed by atoms with Crippen molar-refractivity contribution in [3.8, 4) is 0 Å². The van der Waals surface area contributed by atoms with Crippen molar-refractivity contribution in [2.45, 2.75) is 37.0 Å². The van der Waals surface area contributed by atoms with Crippen LogP contribution in [-0.4, -0.2) is 62.2 Å². The fourth-order valence-electron chi connectivity index (χ4n) is 2.68. The Bertz CT molecular complexity index is 484. The molecule has 1 N–H and O–H groups in total. The van der Waals surface area contributed by atoms with Gasteiger partial charge in [0.2, 0.25) is 10.0 Å². The fourth-order valence-corrected chi connectivity index (χ4v) is 6.66. The highest BCUT2D eigenvalue weighted by Gasteiger charge is 2.41. The lowest BCUT2D eigenvalue weighted by molar-refractivity contribution is 0.212. The number of hydrogen-bond donors (Lipinski definition) is 1. The second kappa shape index (κ2) is 5.07. The van der Waals surface area contributed by atoms with Crippen molar-refractivity contribution in [1.82, 2.24) is 4.31 Å². The van der Waals surface area contributed by atoms with Crippen LogP contribution in [0, 0.1) is 0 Å². The quantitative estimate of drug-likeness (QED) is 0.747. The van der Waals surface area contributed by atoms with Gasteiger partial charge in [-0.3, -0.25) is 0 Å². The molecule has 0 aromatic heterocycles. The first-order valence-corrected chi connectivity index (χ1v) is 9.51. The highest BCUT2D eigenvalue weighted by atomic mass is 32.2. The second-order valence-corrected chi connectivity index (χ2v) is 9.45. The predicted octanol–water partition coefficient (Wildman–Crippen LogP) is -0.650. The monoisotopic (exact) mass is 297 g/mol. The van der Waals surface area contributed by atoms with Crippen molar-refractivity contribution in [1.29, 1.82) is 0 Å². The van der Waals surface area contributed by atoms with Gasteiger partial charge in [-0.25, -0.2) is 16.8 Å². The third-order valence-corrected chi connectivity index (χ3v) is 7.95. The Hall–Kier alpha value is -0.180. The van der Waals surface area contributed by atoms with E-state index in [-0.39, 0.29) is 37.0 Å². The van der Waals surface area contributed by atoms with Crippen LogP contribution < -0.4 is 0 Å². The smallest absolute Gasteiger partial charge is 0.217 e. The molecule has 0 aromatic rings. The first-order valence-electron chi connectivity index (χ1n) is 6.19. The average Bonchev–Trinajstić information content (AvgIpc) is 2.77. The topological polar surface area (TPSA) is 91.8 Å². The second-order valence-electron chi connectivity index (χ2n) is 4.99. The number of rotatable bonds is 3. The Morgan fingerprint density at radius 1 is 1.17 bits per heavy atom. The van der Waals surface area contributed by atoms with Gasteiger partial charge in [0.05, 0.1) is 23.4 Å². The molecule has 6 nitrogen and oxygen atoms in total. The molecule has 2 aliphatic heterocycles. The summed E-state index contributed by atoms with van der Waals surface area (Å²) < 4.78 is 48.8. The molecule has 18 heavy (non-hydrogen) atoms. The van der Waals surface area contributed by atoms with Crippen molar-refractivity contribution in [3.05, 3.63) is 0 Å². The molecule has 2 heterocycles. The lowest BCUT2D eigenvalue weighted by Gasteiger charge is -2.29. The van der Waals surface area contributed by atoms with Crippen LogP contribution in [0.25, 0.3) is 0 Å². The molecule has 2 rings (SSSR count). The molecule has 106 valence electrons. The normalized spacial score (nSPS) is 30.6. The third kappa shape index (κ3) is 2.71. The molecule has 0 radical (unpaired) electrons. The summed E-state index contributed by atoms with van der Waals surface area (Å²) in [5.41, 5.74) is 0. The van der Waals surface area contributed by atoms with E-state index in [2.05, 4.69) is 0 Å². The van der Waals surface area contributed by atoms with E-state index in [1.54, 1.807) is 0 Å². The van der Waals surface area contributed by atoms with Gasteiger partial charge in [-0.2, -0.15) is 4.31 Å². The Labute approximate surface area is 108 Å². The highest BCUT2D eigenvalue weighted by Crippen LogP contribution is 2.28. The minimum atomic E-state index is -3.46. The van der Waals surface area contributed by atoms with E-state index >= 15 is 0 Å². The van der Waals surface area contributed by atoms with Gasteiger partial charge in [0, 0.05) is 12.6 Å². The van der Waals surface area contributed by atoms with Crippen molar-refractivity contribution >= 4 is 19.9 Å². The van der Waals surface area contributed by atoms with Gasteiger partial charge in [0.1, 0.15) is 9.84 Å². The van der Waals surface area contributed by atoms with Crippen LogP contribution in [0.5, 0.6) is 0 Å². The van der Waals surface area contributed by atoms with Crippen molar-refractivity contribution in [2.75, 3.05) is 24.7 Å². The Kier molecular flexibility index (Phi) is 4.01. The van der Waals surface area contributed by atoms with Gasteiger partial charge < -0.3 is 5.11 Å². The summed E-state index contributed by atoms with van der Waals surface area (Å²) >= 11 is 0. The molecule has 2 aliphatic rings. The summed E-state index contributed by atoms with van der Waals surface area (Å²) in [5.74, 6) is -0.0942. The maximum Gasteiger partial charge on any atom is 0.217 e. The highest BCUT2D eigenvalue weighted by molar-refractivity contribution is 7.92. The molecule has 2 saturated heterocycles. The van der Waals surface area contributed by atoms with Gasteiger partial charge >= 0.3 is 0 Å². The fraction of sp³-hybridized carbons (Fsp3) is 1.00. The Morgan fingerprint density at radius 3 is 2.33 bits per heavy atom. The molecular formula is C10H19NO5S2. The van der Waals surface area contributed by atoms with Crippen LogP contribution >= 0.6 is 0 Å². The maximum atomic E-state index is 12.4. The van der Waals surface area contributed by atoms with Gasteiger partial charge in [0.15, 0.2) is 0 Å². The molecule has 0 spiro atoms. The summed E-state index contributed by atoms with van der Waals surface area (Å²) in [6.45, 7) is 0.279. The molecular weight excluding hydrogens is 278 g/mol. The van der Waals surface area contributed by atoms with Gasteiger partial charge in [0.25, 0.3) is 0 Å². The van der Waals surface area contributed by atoms with E-state index in [0.717, 1.165) is 6.42 Å². The number of aliphatic hydroxyl groups is 1. The van der Waals surface area contributed by atoms with Gasteiger partial charge in [-0.05, 0) is 25.7 Å². The van der Waals surface area contributed by atoms with Crippen LogP contribution in [0.2, 0.25) is 0 Å². The number of sulfonamides is 1. The molecule has 8 heteroatoms. The number of hydrogen-bond acceptors (Lipinski definition) is 5. The summed E-state index contributed by atoms with van der Waals surface area (Å²) in [5, 5.41) is 8.58. The van der Waals surface area contributed by atoms with E-state index in [4.69, 9.17) is 0 Å². The predicted molar refractivity (Wildman–Crippen MR) is 67.4 cm³/mol. The molecule has 0 aliphatic carbocycles. The molecule has 2 fully saturated rings. The molecule has 0 unspecified atom stereocenters. The minimum Gasteiger partial charge on any atom is -0.395 e. The van der Waals surface area contributed by atoms with Crippen LogP contribution in [-0.2, 0) is 19.9 Å². The van der Waals surface area contributed by atoms with E-state index < -0.39 is 25.1 Å². The minimum absolute atomic E-state index is 0.0471. The zero-order chi connectivity index (χ0) is 13.4. The number of nitrogens with zero attached hydrogens (tertiary/aromatic N) is 1. The number of sulfone groups is 1. The lowest BCUT2D eigenvalue weighted by Crippen LogP contribution is -2.45. The first-order chi connectivity index (χ1) is 8.37. The zero-order valence-corrected chi connectivity index (χ0v) is 11.8. The maximum absolute atomic E-state index is 12.4. The summed E-state index contributed by atoms with van der Waals surface area (Å²) in [7, 11) is -6.52. The molecule has 1 atom stereocenters. The standard InChI is InChI=1S/C10H19NO5S2/c12-8-9-2-1-5-11(9)18(15,16)10-3-6-17(13,14)7-4-10/h9-10,12H,1-8H2/t9-/m1/s1. The molecule has 0 bridgehead atoms. The molecule has 0 amide bonds. The molecule has 0 saturated carbocycles. The zero-order valence-electron chi connectivity index (χ0n) is 10.2. The average molecular weight is 297 g/mol. The van der Waals surface area contributed by atoms with E-state index in [9.17, 15) is 21.9 Å². The van der Waals surface area contributed by atoms with Gasteiger partial charge in [-0.1, -0.05) is 0 Å². The van der Waals surface area contributed by atoms with Gasteiger partial charge in [-0.15, -0.1) is 0 Å². The lowest BCUT2D eigenvalue weighted by atomic mass is 10.2. The van der Waals surface area contributed by atoms with E-state index in [0.29, 0.717) is 13.0 Å². The third-order valence-electron chi connectivity index (χ3n) is 3.78. The largest absolute Gasteiger partial charge is 0.395 e. The van der Waals surface area contributed by atoms with Crippen molar-refractivity contribution in [2.24, 2.45) is 0 Å². The van der Waals surface area contributed by atoms with Crippen molar-refractivity contribution < 1.29 is 21.9 Å². The van der Waals surface area contributed by atoms with Crippen LogP contribution in [0.1, 0.15) is 25.7 Å². The summed E-state index contributed by atoms with van der Waals surface area (Å²) in [4.78, 5) is 0. The van der Waals surface area contributed by atoms with Crippen LogP contribution in [0.15, 0.2) is 0 Å². The van der Waals surface area contributed by atoms with Crippen molar-refractivity contribution in [3.63, 3.8) is 0 Å². The first kappa shape index (κ1) is 14.2. The summed E-state index contributed by atoms with van der Waals surface area (Å²) in [6, 6.07) is -0.325. The van der Waals surface area contributed by atoms with E-state index in [1.807, 2.05) is 0 Å². The Morgan fingerprint density at radius 2 is 1.78 bits per heavy atom. The Balaban J connectivity index is 2.12. The molecule has 0 aromatic carbocycles. The van der Waals surface area contributed by atoms with Crippen LogP contribution in [0.3, 0.4) is 0 Å².